The third-order valence-electron chi connectivity index (χ3n) is 9.45. The summed E-state index contributed by atoms with van der Waals surface area (Å²) in [7, 11) is 0. The lowest BCUT2D eigenvalue weighted by Crippen LogP contribution is -2.40. The minimum absolute atomic E-state index is 0.0133. The van der Waals surface area contributed by atoms with Crippen LogP contribution in [0, 0.1) is 6.92 Å². The summed E-state index contributed by atoms with van der Waals surface area (Å²) in [6, 6.07) is 21.8. The van der Waals surface area contributed by atoms with Crippen molar-refractivity contribution in [2.75, 3.05) is 13.1 Å². The van der Waals surface area contributed by atoms with E-state index in [1.807, 2.05) is 11.0 Å². The zero-order chi connectivity index (χ0) is 28.4. The average Bonchev–Trinajstić information content (AvgIpc) is 3.53. The van der Waals surface area contributed by atoms with Gasteiger partial charge in [0.25, 0.3) is 5.91 Å². The summed E-state index contributed by atoms with van der Waals surface area (Å²) >= 11 is 1.75. The highest BCUT2D eigenvalue weighted by atomic mass is 32.1. The van der Waals surface area contributed by atoms with E-state index in [9.17, 15) is 9.59 Å². The molecule has 1 N–H and O–H groups in total. The van der Waals surface area contributed by atoms with Crippen LogP contribution in [0.4, 0.5) is 0 Å². The van der Waals surface area contributed by atoms with E-state index in [1.165, 1.54) is 27.0 Å². The number of hydrogen-bond acceptors (Lipinski definition) is 6. The molecule has 0 radical (unpaired) electrons. The summed E-state index contributed by atoms with van der Waals surface area (Å²) in [6.07, 6.45) is 3.02. The number of thiazole rings is 1. The summed E-state index contributed by atoms with van der Waals surface area (Å²) in [5.41, 5.74) is 8.10. The first-order valence-corrected chi connectivity index (χ1v) is 15.9. The molecule has 3 aromatic carbocycles. The third kappa shape index (κ3) is 4.81. The van der Waals surface area contributed by atoms with Gasteiger partial charge in [-0.3, -0.25) is 14.5 Å². The number of carbonyl (C=O) groups excluding carboxylic acids is 2. The maximum Gasteiger partial charge on any atom is 0.254 e. The Morgan fingerprint density at radius 3 is 2.67 bits per heavy atom. The Morgan fingerprint density at radius 1 is 1.00 bits per heavy atom. The van der Waals surface area contributed by atoms with Gasteiger partial charge < -0.3 is 15.0 Å². The van der Waals surface area contributed by atoms with Crippen LogP contribution >= 0.6 is 11.3 Å². The van der Waals surface area contributed by atoms with Crippen LogP contribution in [-0.4, -0.2) is 58.1 Å². The molecule has 3 atom stereocenters. The predicted octanol–water partition coefficient (Wildman–Crippen LogP) is 5.61. The first-order valence-electron chi connectivity index (χ1n) is 15.1. The molecule has 0 aliphatic carbocycles. The van der Waals surface area contributed by atoms with Crippen LogP contribution in [0.2, 0.25) is 0 Å². The zero-order valence-corrected chi connectivity index (χ0v) is 24.5. The van der Waals surface area contributed by atoms with Gasteiger partial charge in [0.15, 0.2) is 6.23 Å². The molecule has 3 unspecified atom stereocenters. The Bertz CT molecular complexity index is 1690. The van der Waals surface area contributed by atoms with Crippen LogP contribution in [0.5, 0.6) is 0 Å². The van der Waals surface area contributed by atoms with E-state index < -0.39 is 0 Å². The van der Waals surface area contributed by atoms with E-state index in [4.69, 9.17) is 9.72 Å². The highest BCUT2D eigenvalue weighted by Gasteiger charge is 2.52. The number of aromatic nitrogens is 1. The number of nitrogens with one attached hydrogen (secondary N) is 1. The Hall–Kier alpha value is -3.59. The van der Waals surface area contributed by atoms with Gasteiger partial charge in [-0.1, -0.05) is 42.5 Å². The number of benzene rings is 3. The molecule has 4 aliphatic heterocycles. The fourth-order valence-electron chi connectivity index (χ4n) is 7.02. The van der Waals surface area contributed by atoms with E-state index in [-0.39, 0.29) is 30.2 Å². The highest BCUT2D eigenvalue weighted by Crippen LogP contribution is 2.38. The summed E-state index contributed by atoms with van der Waals surface area (Å²) in [6.45, 7) is 5.81. The second-order valence-electron chi connectivity index (χ2n) is 12.3. The monoisotopic (exact) mass is 578 g/mol. The lowest BCUT2D eigenvalue weighted by Gasteiger charge is -2.32. The number of piperidine rings is 1. The van der Waals surface area contributed by atoms with Crippen LogP contribution in [0.15, 0.2) is 60.7 Å². The first-order chi connectivity index (χ1) is 20.5. The standard InChI is InChI=1S/C34H34N4O3S/c1-20-2-10-29-27(16-20)35-33(42-29)23-5-3-21(4-6-23)18-37-14-12-22(13-15-37)24-7-8-26-25(17-24)19-38(34(26)40)28-9-11-30(39)36-32-31(28)41-32/h2-8,10,16-17,22,28,31-32H,9,11-15,18-19H2,1H3,(H,36,39). The molecule has 0 spiro atoms. The minimum Gasteiger partial charge on any atom is -0.346 e. The van der Waals surface area contributed by atoms with Crippen molar-refractivity contribution < 1.29 is 14.3 Å². The number of nitrogens with zero attached hydrogens (tertiary/aromatic N) is 3. The smallest absolute Gasteiger partial charge is 0.254 e. The predicted molar refractivity (Wildman–Crippen MR) is 163 cm³/mol. The van der Waals surface area contributed by atoms with Gasteiger partial charge in [-0.2, -0.15) is 0 Å². The molecule has 3 saturated heterocycles. The van der Waals surface area contributed by atoms with Gasteiger partial charge in [-0.25, -0.2) is 4.98 Å². The van der Waals surface area contributed by atoms with Crippen LogP contribution in [0.25, 0.3) is 20.8 Å². The minimum atomic E-state index is -0.233. The Morgan fingerprint density at radius 2 is 1.83 bits per heavy atom. The fraction of sp³-hybridized carbons (Fsp3) is 0.382. The second kappa shape index (κ2) is 10.3. The molecule has 3 fully saturated rings. The molecule has 7 nitrogen and oxygen atoms in total. The van der Waals surface area contributed by atoms with Gasteiger partial charge in [0.1, 0.15) is 11.1 Å². The summed E-state index contributed by atoms with van der Waals surface area (Å²) in [5.74, 6) is 0.597. The maximum atomic E-state index is 13.3. The van der Waals surface area contributed by atoms with Crippen molar-refractivity contribution in [3.8, 4) is 10.6 Å². The third-order valence-corrected chi connectivity index (χ3v) is 10.5. The van der Waals surface area contributed by atoms with Gasteiger partial charge in [-0.05, 0) is 85.6 Å². The van der Waals surface area contributed by atoms with Crippen molar-refractivity contribution in [1.82, 2.24) is 20.1 Å². The second-order valence-corrected chi connectivity index (χ2v) is 13.3. The summed E-state index contributed by atoms with van der Waals surface area (Å²) in [5, 5.41) is 3.96. The molecule has 4 aromatic rings. The van der Waals surface area contributed by atoms with Gasteiger partial charge in [-0.15, -0.1) is 11.3 Å². The van der Waals surface area contributed by atoms with Crippen molar-refractivity contribution in [2.45, 2.75) is 70.0 Å². The Kier molecular flexibility index (Phi) is 6.39. The normalized spacial score (nSPS) is 24.4. The Balaban J connectivity index is 0.885. The molecule has 0 bridgehead atoms. The van der Waals surface area contributed by atoms with Crippen molar-refractivity contribution in [2.24, 2.45) is 0 Å². The molecular formula is C34H34N4O3S. The topological polar surface area (TPSA) is 78.1 Å². The van der Waals surface area contributed by atoms with Gasteiger partial charge >= 0.3 is 0 Å². The van der Waals surface area contributed by atoms with Gasteiger partial charge in [0.2, 0.25) is 5.91 Å². The lowest BCUT2D eigenvalue weighted by molar-refractivity contribution is -0.121. The first kappa shape index (κ1) is 26.1. The number of fused-ring (bicyclic) bond motifs is 3. The van der Waals surface area contributed by atoms with Crippen molar-refractivity contribution in [3.05, 3.63) is 88.5 Å². The SMILES string of the molecule is Cc1ccc2sc(-c3ccc(CN4CCC(c5ccc6c(c5)CN(C5CCC(=O)NC7OC75)C6=O)CC4)cc3)nc2c1. The fourth-order valence-corrected chi connectivity index (χ4v) is 7.97. The number of rotatable bonds is 5. The summed E-state index contributed by atoms with van der Waals surface area (Å²) < 4.78 is 6.91. The van der Waals surface area contributed by atoms with Crippen LogP contribution < -0.4 is 5.32 Å². The number of likely N-dealkylation sites (tertiary alicyclic amines) is 1. The highest BCUT2D eigenvalue weighted by molar-refractivity contribution is 7.21. The number of ether oxygens (including phenoxy) is 1. The molecule has 1 aromatic heterocycles. The van der Waals surface area contributed by atoms with E-state index >= 15 is 0 Å². The van der Waals surface area contributed by atoms with Gasteiger partial charge in [0.05, 0.1) is 16.3 Å². The Labute approximate surface area is 249 Å². The van der Waals surface area contributed by atoms with Crippen molar-refractivity contribution in [3.63, 3.8) is 0 Å². The zero-order valence-electron chi connectivity index (χ0n) is 23.7. The molecule has 42 heavy (non-hydrogen) atoms. The molecule has 0 saturated carbocycles. The number of amides is 2. The molecular weight excluding hydrogens is 544 g/mol. The lowest BCUT2D eigenvalue weighted by atomic mass is 9.87. The van der Waals surface area contributed by atoms with Crippen LogP contribution in [0.1, 0.15) is 64.2 Å². The molecule has 8 heteroatoms. The number of aryl methyl sites for hydroxylation is 1. The van der Waals surface area contributed by atoms with E-state index in [1.54, 1.807) is 11.3 Å². The molecule has 214 valence electrons. The van der Waals surface area contributed by atoms with E-state index in [0.29, 0.717) is 25.3 Å². The molecule has 2 amide bonds. The number of hydrogen-bond donors (Lipinski definition) is 1. The summed E-state index contributed by atoms with van der Waals surface area (Å²) in [4.78, 5) is 34.5. The van der Waals surface area contributed by atoms with E-state index in [0.717, 1.165) is 54.1 Å². The molecule has 4 aliphatic rings. The van der Waals surface area contributed by atoms with Crippen molar-refractivity contribution in [1.29, 1.82) is 0 Å². The molecule has 5 heterocycles. The quantitative estimate of drug-likeness (QED) is 0.312. The number of epoxide rings is 1. The van der Waals surface area contributed by atoms with Crippen molar-refractivity contribution >= 4 is 33.4 Å². The van der Waals surface area contributed by atoms with E-state index in [2.05, 4.69) is 71.7 Å². The largest absolute Gasteiger partial charge is 0.346 e. The molecule has 8 rings (SSSR count). The van der Waals surface area contributed by atoms with Crippen LogP contribution in [0.3, 0.4) is 0 Å². The van der Waals surface area contributed by atoms with Crippen LogP contribution in [-0.2, 0) is 22.6 Å². The van der Waals surface area contributed by atoms with Gasteiger partial charge in [0, 0.05) is 30.6 Å². The number of carbonyl (C=O) groups is 2. The maximum absolute atomic E-state index is 13.3. The average molecular weight is 579 g/mol.